The molecule has 1 atom stereocenters. The molecule has 0 aromatic rings. The zero-order valence-corrected chi connectivity index (χ0v) is 54.4. The molecule has 6 nitrogen and oxygen atoms in total. The summed E-state index contributed by atoms with van der Waals surface area (Å²) in [6, 6.07) is 0. The molecule has 80 heavy (non-hydrogen) atoms. The Morgan fingerprint density at radius 3 is 0.625 bits per heavy atom. The summed E-state index contributed by atoms with van der Waals surface area (Å²) in [6.07, 6.45) is 85.0. The van der Waals surface area contributed by atoms with Gasteiger partial charge in [0.1, 0.15) is 13.2 Å². The van der Waals surface area contributed by atoms with E-state index < -0.39 is 6.10 Å². The van der Waals surface area contributed by atoms with Crippen LogP contribution in [0, 0.1) is 0 Å². The Bertz CT molecular complexity index is 1290. The quantitative estimate of drug-likeness (QED) is 0.0261. The molecule has 0 aliphatic rings. The lowest BCUT2D eigenvalue weighted by molar-refractivity contribution is -0.167. The molecule has 0 rings (SSSR count). The standard InChI is InChI=1S/C74H140O6/c1-4-7-10-13-16-19-22-25-28-30-32-33-34-35-36-37-38-39-40-41-43-44-46-49-52-55-58-61-64-67-73(76)79-70-71(69-78-72(75)66-63-60-57-54-51-48-27-24-21-18-15-12-9-6-3)80-74(77)68-65-62-59-56-53-50-47-45-42-31-29-26-23-20-17-14-11-8-5-2/h24,27,30,32,71H,4-23,25-26,28-29,31,33-70H2,1-3H3/b27-24-,32-30-. The Hall–Kier alpha value is -2.11. The third kappa shape index (κ3) is 66.7. The summed E-state index contributed by atoms with van der Waals surface area (Å²) in [5, 5.41) is 0. The second-order valence-corrected chi connectivity index (χ2v) is 24.9. The Morgan fingerprint density at radius 1 is 0.237 bits per heavy atom. The van der Waals surface area contributed by atoms with Crippen LogP contribution < -0.4 is 0 Å². The summed E-state index contributed by atoms with van der Waals surface area (Å²) in [5.74, 6) is -0.843. The van der Waals surface area contributed by atoms with Crippen molar-refractivity contribution in [3.63, 3.8) is 0 Å². The fourth-order valence-electron chi connectivity index (χ4n) is 11.2. The molecule has 0 saturated carbocycles. The van der Waals surface area contributed by atoms with Crippen molar-refractivity contribution < 1.29 is 28.6 Å². The van der Waals surface area contributed by atoms with Gasteiger partial charge in [0.05, 0.1) is 0 Å². The van der Waals surface area contributed by atoms with Gasteiger partial charge in [-0.3, -0.25) is 14.4 Å². The van der Waals surface area contributed by atoms with E-state index in [1.165, 1.54) is 308 Å². The second-order valence-electron chi connectivity index (χ2n) is 24.9. The van der Waals surface area contributed by atoms with Crippen molar-refractivity contribution in [3.05, 3.63) is 24.3 Å². The highest BCUT2D eigenvalue weighted by atomic mass is 16.6. The number of esters is 3. The molecule has 0 spiro atoms. The van der Waals surface area contributed by atoms with Crippen LogP contribution >= 0.6 is 0 Å². The average molecular weight is 1130 g/mol. The first-order valence-electron chi connectivity index (χ1n) is 36.3. The summed E-state index contributed by atoms with van der Waals surface area (Å²) < 4.78 is 17.0. The summed E-state index contributed by atoms with van der Waals surface area (Å²) in [4.78, 5) is 38.4. The Labute approximate surface area is 500 Å². The van der Waals surface area contributed by atoms with Crippen LogP contribution in [0.3, 0.4) is 0 Å². The highest BCUT2D eigenvalue weighted by molar-refractivity contribution is 5.71. The van der Waals surface area contributed by atoms with Crippen LogP contribution in [0.1, 0.15) is 412 Å². The van der Waals surface area contributed by atoms with Gasteiger partial charge in [-0.25, -0.2) is 0 Å². The van der Waals surface area contributed by atoms with Gasteiger partial charge in [-0.05, 0) is 70.6 Å². The monoisotopic (exact) mass is 1130 g/mol. The number of carbonyl (C=O) groups excluding carboxylic acids is 3. The molecule has 0 fully saturated rings. The summed E-state index contributed by atoms with van der Waals surface area (Å²) in [6.45, 7) is 6.71. The molecule has 0 radical (unpaired) electrons. The number of hydrogen-bond acceptors (Lipinski definition) is 6. The number of carbonyl (C=O) groups is 3. The van der Waals surface area contributed by atoms with E-state index in [0.29, 0.717) is 19.3 Å². The molecule has 6 heteroatoms. The van der Waals surface area contributed by atoms with Crippen molar-refractivity contribution in [2.45, 2.75) is 419 Å². The van der Waals surface area contributed by atoms with Crippen molar-refractivity contribution in [2.75, 3.05) is 13.2 Å². The molecule has 0 N–H and O–H groups in total. The SMILES string of the molecule is CCCCCCC/C=C\CCCCCCCC(=O)OCC(COC(=O)CCCCCCCCCCCCCCCCCCC/C=C\CCCCCCCCCC)OC(=O)CCCCCCCCCCCCCCCCCCCCC. The van der Waals surface area contributed by atoms with Crippen LogP contribution in [-0.4, -0.2) is 37.2 Å². The number of rotatable bonds is 68. The maximum absolute atomic E-state index is 12.9. The average Bonchev–Trinajstić information content (AvgIpc) is 3.46. The van der Waals surface area contributed by atoms with Crippen LogP contribution in [0.2, 0.25) is 0 Å². The predicted molar refractivity (Wildman–Crippen MR) is 349 cm³/mol. The van der Waals surface area contributed by atoms with E-state index in [4.69, 9.17) is 14.2 Å². The number of hydrogen-bond donors (Lipinski definition) is 0. The normalized spacial score (nSPS) is 12.1. The number of allylic oxidation sites excluding steroid dienone is 4. The molecule has 1 unspecified atom stereocenters. The maximum atomic E-state index is 12.9. The van der Waals surface area contributed by atoms with Gasteiger partial charge in [-0.15, -0.1) is 0 Å². The molecular formula is C74H140O6. The third-order valence-electron chi connectivity index (χ3n) is 16.7. The van der Waals surface area contributed by atoms with Gasteiger partial charge in [0, 0.05) is 19.3 Å². The molecular weight excluding hydrogens is 985 g/mol. The Kier molecular flexibility index (Phi) is 67.6. The van der Waals surface area contributed by atoms with Gasteiger partial charge in [-0.2, -0.15) is 0 Å². The fourth-order valence-corrected chi connectivity index (χ4v) is 11.2. The number of unbranched alkanes of at least 4 members (excludes halogenated alkanes) is 53. The van der Waals surface area contributed by atoms with Gasteiger partial charge < -0.3 is 14.2 Å². The van der Waals surface area contributed by atoms with Crippen LogP contribution in [0.25, 0.3) is 0 Å². The zero-order valence-electron chi connectivity index (χ0n) is 54.4. The van der Waals surface area contributed by atoms with Gasteiger partial charge in [0.25, 0.3) is 0 Å². The molecule has 0 aliphatic heterocycles. The van der Waals surface area contributed by atoms with E-state index in [2.05, 4.69) is 45.1 Å². The second kappa shape index (κ2) is 69.4. The van der Waals surface area contributed by atoms with E-state index >= 15 is 0 Å². The van der Waals surface area contributed by atoms with Gasteiger partial charge in [0.15, 0.2) is 6.10 Å². The molecule has 0 aromatic heterocycles. The van der Waals surface area contributed by atoms with Crippen molar-refractivity contribution in [2.24, 2.45) is 0 Å². The van der Waals surface area contributed by atoms with Gasteiger partial charge in [-0.1, -0.05) is 347 Å². The summed E-state index contributed by atoms with van der Waals surface area (Å²) in [7, 11) is 0. The van der Waals surface area contributed by atoms with E-state index in [9.17, 15) is 14.4 Å². The zero-order chi connectivity index (χ0) is 57.8. The highest BCUT2D eigenvalue weighted by Gasteiger charge is 2.19. The Balaban J connectivity index is 4.18. The van der Waals surface area contributed by atoms with Crippen LogP contribution in [0.5, 0.6) is 0 Å². The van der Waals surface area contributed by atoms with Crippen molar-refractivity contribution in [1.82, 2.24) is 0 Å². The Morgan fingerprint density at radius 2 is 0.412 bits per heavy atom. The maximum Gasteiger partial charge on any atom is 0.306 e. The van der Waals surface area contributed by atoms with Crippen molar-refractivity contribution in [3.8, 4) is 0 Å². The van der Waals surface area contributed by atoms with E-state index in [0.717, 1.165) is 64.2 Å². The fraction of sp³-hybridized carbons (Fsp3) is 0.905. The minimum Gasteiger partial charge on any atom is -0.462 e. The lowest BCUT2D eigenvalue weighted by atomic mass is 10.0. The predicted octanol–water partition coefficient (Wildman–Crippen LogP) is 25.0. The molecule has 0 aliphatic carbocycles. The van der Waals surface area contributed by atoms with Crippen molar-refractivity contribution in [1.29, 1.82) is 0 Å². The topological polar surface area (TPSA) is 78.9 Å². The van der Waals surface area contributed by atoms with Crippen LogP contribution in [-0.2, 0) is 28.6 Å². The smallest absolute Gasteiger partial charge is 0.306 e. The van der Waals surface area contributed by atoms with Crippen molar-refractivity contribution >= 4 is 17.9 Å². The molecule has 0 amide bonds. The first-order valence-corrected chi connectivity index (χ1v) is 36.3. The van der Waals surface area contributed by atoms with Gasteiger partial charge in [0.2, 0.25) is 0 Å². The van der Waals surface area contributed by atoms with E-state index in [-0.39, 0.29) is 31.1 Å². The van der Waals surface area contributed by atoms with Crippen LogP contribution in [0.4, 0.5) is 0 Å². The first kappa shape index (κ1) is 77.9. The molecule has 0 bridgehead atoms. The van der Waals surface area contributed by atoms with E-state index in [1.807, 2.05) is 0 Å². The summed E-state index contributed by atoms with van der Waals surface area (Å²) in [5.41, 5.74) is 0. The van der Waals surface area contributed by atoms with Gasteiger partial charge >= 0.3 is 17.9 Å². The lowest BCUT2D eigenvalue weighted by Crippen LogP contribution is -2.30. The highest BCUT2D eigenvalue weighted by Crippen LogP contribution is 2.19. The lowest BCUT2D eigenvalue weighted by Gasteiger charge is -2.18. The number of ether oxygens (including phenoxy) is 3. The minimum absolute atomic E-state index is 0.0674. The van der Waals surface area contributed by atoms with E-state index in [1.54, 1.807) is 0 Å². The largest absolute Gasteiger partial charge is 0.462 e. The third-order valence-corrected chi connectivity index (χ3v) is 16.7. The molecule has 0 heterocycles. The van der Waals surface area contributed by atoms with Crippen LogP contribution in [0.15, 0.2) is 24.3 Å². The molecule has 0 aromatic carbocycles. The molecule has 472 valence electrons. The first-order chi connectivity index (χ1) is 39.5. The molecule has 0 saturated heterocycles. The minimum atomic E-state index is -0.771. The summed E-state index contributed by atoms with van der Waals surface area (Å²) >= 11 is 0.